The van der Waals surface area contributed by atoms with Gasteiger partial charge in [-0.25, -0.2) is 4.39 Å². The minimum Gasteiger partial charge on any atom is -0.391 e. The van der Waals surface area contributed by atoms with E-state index in [1.54, 1.807) is 14.0 Å². The van der Waals surface area contributed by atoms with Crippen LogP contribution in [0.5, 0.6) is 0 Å². The topological polar surface area (TPSA) is 41.9 Å². The molecule has 0 saturated carbocycles. The molecule has 104 valence electrons. The fourth-order valence-electron chi connectivity index (χ4n) is 3.13. The molecule has 4 nitrogen and oxygen atoms in total. The Morgan fingerprint density at radius 3 is 3.06 bits per heavy atom. The van der Waals surface area contributed by atoms with Gasteiger partial charge in [-0.2, -0.15) is 0 Å². The molecule has 2 saturated heterocycles. The normalized spacial score (nSPS) is 36.2. The van der Waals surface area contributed by atoms with Crippen LogP contribution in [0.25, 0.3) is 0 Å². The third-order valence-corrected chi connectivity index (χ3v) is 3.79. The first kappa shape index (κ1) is 13.9. The van der Waals surface area contributed by atoms with Gasteiger partial charge in [-0.1, -0.05) is 0 Å². The molecule has 0 amide bonds. The lowest BCUT2D eigenvalue weighted by molar-refractivity contribution is 0.000201. The van der Waals surface area contributed by atoms with E-state index in [1.807, 2.05) is 0 Å². The van der Waals surface area contributed by atoms with Gasteiger partial charge < -0.3 is 14.6 Å². The fourth-order valence-corrected chi connectivity index (χ4v) is 3.13. The summed E-state index contributed by atoms with van der Waals surface area (Å²) in [5, 5.41) is 9.24. The second-order valence-electron chi connectivity index (χ2n) is 5.49. The lowest BCUT2D eigenvalue weighted by Gasteiger charge is -2.30. The van der Waals surface area contributed by atoms with Gasteiger partial charge in [-0.05, 0) is 25.3 Å². The SMILES string of the molecule is COCC12C/C(=C\F)CN1C[C@@H](OC[C@@H](C)O)C2. The van der Waals surface area contributed by atoms with Crippen molar-refractivity contribution in [3.05, 3.63) is 11.9 Å². The summed E-state index contributed by atoms with van der Waals surface area (Å²) < 4.78 is 23.7. The smallest absolute Gasteiger partial charge is 0.0872 e. The summed E-state index contributed by atoms with van der Waals surface area (Å²) in [6, 6.07) is 0. The van der Waals surface area contributed by atoms with Crippen LogP contribution in [-0.4, -0.2) is 61.2 Å². The maximum atomic E-state index is 12.7. The number of methoxy groups -OCH3 is 1. The predicted octanol–water partition coefficient (Wildman–Crippen LogP) is 1.10. The lowest BCUT2D eigenvalue weighted by atomic mass is 9.93. The maximum absolute atomic E-state index is 12.7. The highest BCUT2D eigenvalue weighted by Gasteiger charge is 2.50. The van der Waals surface area contributed by atoms with Gasteiger partial charge in [0.1, 0.15) is 0 Å². The van der Waals surface area contributed by atoms with E-state index in [1.165, 1.54) is 0 Å². The van der Waals surface area contributed by atoms with Crippen molar-refractivity contribution in [1.82, 2.24) is 4.90 Å². The van der Waals surface area contributed by atoms with Crippen molar-refractivity contribution in [2.75, 3.05) is 33.4 Å². The molecule has 2 heterocycles. The number of aliphatic hydroxyl groups is 1. The molecule has 1 N–H and O–H groups in total. The van der Waals surface area contributed by atoms with E-state index >= 15 is 0 Å². The molecule has 2 aliphatic heterocycles. The molecule has 2 fully saturated rings. The van der Waals surface area contributed by atoms with E-state index in [4.69, 9.17) is 9.47 Å². The van der Waals surface area contributed by atoms with Crippen molar-refractivity contribution >= 4 is 0 Å². The van der Waals surface area contributed by atoms with Crippen LogP contribution < -0.4 is 0 Å². The highest BCUT2D eigenvalue weighted by molar-refractivity contribution is 5.20. The van der Waals surface area contributed by atoms with Crippen LogP contribution in [0, 0.1) is 0 Å². The van der Waals surface area contributed by atoms with Gasteiger partial charge in [0.15, 0.2) is 0 Å². The minimum atomic E-state index is -0.444. The first-order chi connectivity index (χ1) is 8.59. The number of hydrogen-bond donors (Lipinski definition) is 1. The summed E-state index contributed by atoms with van der Waals surface area (Å²) in [5.74, 6) is 0. The average molecular weight is 259 g/mol. The van der Waals surface area contributed by atoms with Gasteiger partial charge in [0.25, 0.3) is 0 Å². The van der Waals surface area contributed by atoms with Crippen molar-refractivity contribution < 1.29 is 19.0 Å². The molecular formula is C13H22FNO3. The van der Waals surface area contributed by atoms with E-state index in [0.29, 0.717) is 26.2 Å². The Hall–Kier alpha value is -0.490. The molecule has 0 aromatic rings. The fraction of sp³-hybridized carbons (Fsp3) is 0.846. The lowest BCUT2D eigenvalue weighted by Crippen LogP contribution is -2.42. The Morgan fingerprint density at radius 1 is 1.67 bits per heavy atom. The molecule has 0 spiro atoms. The summed E-state index contributed by atoms with van der Waals surface area (Å²) in [7, 11) is 1.67. The van der Waals surface area contributed by atoms with Crippen LogP contribution in [0.4, 0.5) is 4.39 Å². The molecule has 3 atom stereocenters. The quantitative estimate of drug-likeness (QED) is 0.803. The molecule has 18 heavy (non-hydrogen) atoms. The third kappa shape index (κ3) is 2.74. The molecule has 1 unspecified atom stereocenters. The van der Waals surface area contributed by atoms with Crippen molar-refractivity contribution in [3.8, 4) is 0 Å². The molecule has 5 heteroatoms. The van der Waals surface area contributed by atoms with E-state index in [2.05, 4.69) is 4.90 Å². The van der Waals surface area contributed by atoms with Gasteiger partial charge in [0.05, 0.1) is 37.3 Å². The third-order valence-electron chi connectivity index (χ3n) is 3.79. The zero-order chi connectivity index (χ0) is 13.2. The maximum Gasteiger partial charge on any atom is 0.0872 e. The number of ether oxygens (including phenoxy) is 2. The summed E-state index contributed by atoms with van der Waals surface area (Å²) in [6.45, 7) is 4.11. The van der Waals surface area contributed by atoms with E-state index in [-0.39, 0.29) is 11.6 Å². The van der Waals surface area contributed by atoms with Crippen molar-refractivity contribution in [1.29, 1.82) is 0 Å². The van der Waals surface area contributed by atoms with Gasteiger partial charge in [-0.15, -0.1) is 0 Å². The summed E-state index contributed by atoms with van der Waals surface area (Å²) in [4.78, 5) is 2.24. The average Bonchev–Trinajstić information content (AvgIpc) is 2.79. The van der Waals surface area contributed by atoms with Crippen molar-refractivity contribution in [3.63, 3.8) is 0 Å². The zero-order valence-electron chi connectivity index (χ0n) is 11.1. The van der Waals surface area contributed by atoms with Crippen molar-refractivity contribution in [2.24, 2.45) is 0 Å². The molecule has 2 aliphatic rings. The number of nitrogens with zero attached hydrogens (tertiary/aromatic N) is 1. The monoisotopic (exact) mass is 259 g/mol. The first-order valence-electron chi connectivity index (χ1n) is 6.41. The minimum absolute atomic E-state index is 0.107. The summed E-state index contributed by atoms with van der Waals surface area (Å²) in [5.41, 5.74) is 0.719. The predicted molar refractivity (Wildman–Crippen MR) is 66.0 cm³/mol. The Labute approximate surface area is 107 Å². The second-order valence-corrected chi connectivity index (χ2v) is 5.49. The van der Waals surface area contributed by atoms with E-state index < -0.39 is 6.10 Å². The molecule has 0 aromatic heterocycles. The van der Waals surface area contributed by atoms with Crippen LogP contribution >= 0.6 is 0 Å². The van der Waals surface area contributed by atoms with Crippen LogP contribution in [-0.2, 0) is 9.47 Å². The zero-order valence-corrected chi connectivity index (χ0v) is 11.1. The number of hydrogen-bond acceptors (Lipinski definition) is 4. The largest absolute Gasteiger partial charge is 0.391 e. The van der Waals surface area contributed by atoms with Gasteiger partial charge >= 0.3 is 0 Å². The number of aliphatic hydroxyl groups excluding tert-OH is 1. The van der Waals surface area contributed by atoms with Crippen LogP contribution in [0.3, 0.4) is 0 Å². The Morgan fingerprint density at radius 2 is 2.44 bits per heavy atom. The number of fused-ring (bicyclic) bond motifs is 1. The Kier molecular flexibility index (Phi) is 4.37. The van der Waals surface area contributed by atoms with Crippen LogP contribution in [0.1, 0.15) is 19.8 Å². The van der Waals surface area contributed by atoms with E-state index in [9.17, 15) is 9.50 Å². The molecule has 0 bridgehead atoms. The molecule has 2 rings (SSSR count). The molecular weight excluding hydrogens is 237 g/mol. The number of rotatable bonds is 5. The van der Waals surface area contributed by atoms with Gasteiger partial charge in [0, 0.05) is 20.2 Å². The van der Waals surface area contributed by atoms with Crippen molar-refractivity contribution in [2.45, 2.75) is 37.5 Å². The Balaban J connectivity index is 1.98. The molecule has 0 aliphatic carbocycles. The summed E-state index contributed by atoms with van der Waals surface area (Å²) in [6.07, 6.45) is 1.94. The summed E-state index contributed by atoms with van der Waals surface area (Å²) >= 11 is 0. The molecule has 0 radical (unpaired) electrons. The standard InChI is InChI=1S/C13H22FNO3/c1-10(16)8-18-12-4-13(9-17-2)3-11(5-14)6-15(13)7-12/h5,10,12,16H,3-4,6-9H2,1-2H3/b11-5+/t10-,12+,13?/m1/s1. The Bertz CT molecular complexity index is 321. The highest BCUT2D eigenvalue weighted by Crippen LogP contribution is 2.42. The van der Waals surface area contributed by atoms with E-state index in [0.717, 1.165) is 24.9 Å². The van der Waals surface area contributed by atoms with Crippen LogP contribution in [0.15, 0.2) is 11.9 Å². The first-order valence-corrected chi connectivity index (χ1v) is 6.41. The van der Waals surface area contributed by atoms with Gasteiger partial charge in [-0.3, -0.25) is 4.90 Å². The van der Waals surface area contributed by atoms with Gasteiger partial charge in [0.2, 0.25) is 0 Å². The second kappa shape index (κ2) is 5.65. The number of halogens is 1. The highest BCUT2D eigenvalue weighted by atomic mass is 19.1. The van der Waals surface area contributed by atoms with Crippen LogP contribution in [0.2, 0.25) is 0 Å². The molecule has 0 aromatic carbocycles.